The Labute approximate surface area is 122 Å². The predicted molar refractivity (Wildman–Crippen MR) is 77.0 cm³/mol. The van der Waals surface area contributed by atoms with Crippen molar-refractivity contribution in [1.29, 1.82) is 0 Å². The number of nitrogens with two attached hydrogens (primary N) is 1. The maximum atomic E-state index is 11.8. The van der Waals surface area contributed by atoms with Crippen LogP contribution in [-0.2, 0) is 4.79 Å². The molecule has 7 nitrogen and oxygen atoms in total. The van der Waals surface area contributed by atoms with Gasteiger partial charge in [-0.3, -0.25) is 14.9 Å². The van der Waals surface area contributed by atoms with Gasteiger partial charge < -0.3 is 15.8 Å². The van der Waals surface area contributed by atoms with Gasteiger partial charge in [0.2, 0.25) is 0 Å². The Morgan fingerprint density at radius 2 is 1.90 bits per heavy atom. The lowest BCUT2D eigenvalue weighted by Gasteiger charge is -2.26. The fourth-order valence-corrected chi connectivity index (χ4v) is 2.35. The molecule has 1 aliphatic rings. The van der Waals surface area contributed by atoms with E-state index in [4.69, 9.17) is 10.5 Å². The lowest BCUT2D eigenvalue weighted by atomic mass is 9.92. The van der Waals surface area contributed by atoms with Crippen molar-refractivity contribution in [2.75, 3.05) is 6.61 Å². The number of nitrogens with one attached hydrogen (secondary N) is 1. The second-order valence-electron chi connectivity index (χ2n) is 5.22. The van der Waals surface area contributed by atoms with Crippen molar-refractivity contribution in [3.8, 4) is 5.75 Å². The molecule has 0 aromatic heterocycles. The number of hydrogen-bond donors (Lipinski definition) is 2. The molecule has 1 aromatic carbocycles. The molecule has 0 radical (unpaired) electrons. The first-order chi connectivity index (χ1) is 10.0. The molecule has 2 rings (SSSR count). The topological polar surface area (TPSA) is 107 Å². The molecular formula is C14H19N3O4. The van der Waals surface area contributed by atoms with Crippen molar-refractivity contribution < 1.29 is 14.5 Å². The summed E-state index contributed by atoms with van der Waals surface area (Å²) in [6.07, 6.45) is 3.64. The molecule has 0 atom stereocenters. The number of benzene rings is 1. The molecule has 7 heteroatoms. The number of carbonyl (C=O) groups is 1. The monoisotopic (exact) mass is 293 g/mol. The number of nitrogens with zero attached hydrogens (tertiary/aromatic N) is 1. The fourth-order valence-electron chi connectivity index (χ4n) is 2.35. The second kappa shape index (κ2) is 7.03. The smallest absolute Gasteiger partial charge is 0.269 e. The van der Waals surface area contributed by atoms with E-state index in [1.165, 1.54) is 24.3 Å². The van der Waals surface area contributed by atoms with E-state index in [-0.39, 0.29) is 30.3 Å². The van der Waals surface area contributed by atoms with Gasteiger partial charge in [-0.2, -0.15) is 0 Å². The highest BCUT2D eigenvalue weighted by molar-refractivity contribution is 5.77. The molecule has 3 N–H and O–H groups in total. The first kappa shape index (κ1) is 15.2. The van der Waals surface area contributed by atoms with Crippen molar-refractivity contribution in [3.05, 3.63) is 34.4 Å². The average Bonchev–Trinajstić information content (AvgIpc) is 2.48. The Morgan fingerprint density at radius 3 is 2.48 bits per heavy atom. The van der Waals surface area contributed by atoms with Crippen LogP contribution in [0.5, 0.6) is 5.75 Å². The summed E-state index contributed by atoms with van der Waals surface area (Å²) in [4.78, 5) is 21.8. The molecular weight excluding hydrogens is 274 g/mol. The molecule has 1 aromatic rings. The zero-order chi connectivity index (χ0) is 15.2. The van der Waals surface area contributed by atoms with Crippen LogP contribution in [0.1, 0.15) is 25.7 Å². The standard InChI is InChI=1S/C14H19N3O4/c15-10-1-3-11(4-2-10)16-14(18)9-21-13-7-5-12(6-8-13)17(19)20/h5-8,10-11H,1-4,9,15H2,(H,16,18). The Balaban J connectivity index is 1.74. The summed E-state index contributed by atoms with van der Waals surface area (Å²) >= 11 is 0. The van der Waals surface area contributed by atoms with Crippen LogP contribution >= 0.6 is 0 Å². The first-order valence-electron chi connectivity index (χ1n) is 6.97. The summed E-state index contributed by atoms with van der Waals surface area (Å²) in [5.74, 6) is 0.246. The van der Waals surface area contributed by atoms with Gasteiger partial charge >= 0.3 is 0 Å². The summed E-state index contributed by atoms with van der Waals surface area (Å²) in [6.45, 7) is -0.0969. The maximum Gasteiger partial charge on any atom is 0.269 e. The minimum atomic E-state index is -0.482. The lowest BCUT2D eigenvalue weighted by Crippen LogP contribution is -2.42. The third-order valence-electron chi connectivity index (χ3n) is 3.55. The van der Waals surface area contributed by atoms with Crippen molar-refractivity contribution in [1.82, 2.24) is 5.32 Å². The van der Waals surface area contributed by atoms with E-state index >= 15 is 0 Å². The molecule has 1 aliphatic carbocycles. The zero-order valence-corrected chi connectivity index (χ0v) is 11.7. The molecule has 0 spiro atoms. The van der Waals surface area contributed by atoms with Crippen LogP contribution in [0.25, 0.3) is 0 Å². The molecule has 0 heterocycles. The van der Waals surface area contributed by atoms with Crippen LogP contribution in [0.2, 0.25) is 0 Å². The van der Waals surface area contributed by atoms with Gasteiger partial charge in [0.05, 0.1) is 4.92 Å². The number of non-ortho nitro benzene ring substituents is 1. The molecule has 0 unspecified atom stereocenters. The number of carbonyl (C=O) groups excluding carboxylic acids is 1. The quantitative estimate of drug-likeness (QED) is 0.629. The third-order valence-corrected chi connectivity index (χ3v) is 3.55. The second-order valence-corrected chi connectivity index (χ2v) is 5.22. The van der Waals surface area contributed by atoms with E-state index in [9.17, 15) is 14.9 Å². The van der Waals surface area contributed by atoms with Crippen molar-refractivity contribution in [2.45, 2.75) is 37.8 Å². The van der Waals surface area contributed by atoms with Gasteiger partial charge in [-0.05, 0) is 37.8 Å². The van der Waals surface area contributed by atoms with Gasteiger partial charge in [-0.1, -0.05) is 0 Å². The number of nitro groups is 1. The van der Waals surface area contributed by atoms with E-state index in [0.29, 0.717) is 5.75 Å². The van der Waals surface area contributed by atoms with Crippen LogP contribution in [0.15, 0.2) is 24.3 Å². The van der Waals surface area contributed by atoms with Gasteiger partial charge in [0.1, 0.15) is 5.75 Å². The SMILES string of the molecule is NC1CCC(NC(=O)COc2ccc([N+](=O)[O-])cc2)CC1. The number of hydrogen-bond acceptors (Lipinski definition) is 5. The lowest BCUT2D eigenvalue weighted by molar-refractivity contribution is -0.384. The van der Waals surface area contributed by atoms with E-state index in [1.807, 2.05) is 0 Å². The van der Waals surface area contributed by atoms with Gasteiger partial charge in [0, 0.05) is 24.2 Å². The fraction of sp³-hybridized carbons (Fsp3) is 0.500. The summed E-state index contributed by atoms with van der Waals surface area (Å²) in [5.41, 5.74) is 5.80. The summed E-state index contributed by atoms with van der Waals surface area (Å²) in [7, 11) is 0. The highest BCUT2D eigenvalue weighted by atomic mass is 16.6. The van der Waals surface area contributed by atoms with Gasteiger partial charge in [0.25, 0.3) is 11.6 Å². The first-order valence-corrected chi connectivity index (χ1v) is 6.97. The Morgan fingerprint density at radius 1 is 1.29 bits per heavy atom. The molecule has 1 saturated carbocycles. The number of rotatable bonds is 5. The highest BCUT2D eigenvalue weighted by Crippen LogP contribution is 2.18. The van der Waals surface area contributed by atoms with Gasteiger partial charge in [-0.25, -0.2) is 0 Å². The largest absolute Gasteiger partial charge is 0.484 e. The minimum absolute atomic E-state index is 0.00894. The molecule has 0 aliphatic heterocycles. The molecule has 0 saturated heterocycles. The van der Waals surface area contributed by atoms with E-state index in [2.05, 4.69) is 5.32 Å². The summed E-state index contributed by atoms with van der Waals surface area (Å²) < 4.78 is 5.31. The van der Waals surface area contributed by atoms with E-state index in [1.54, 1.807) is 0 Å². The number of amides is 1. The zero-order valence-electron chi connectivity index (χ0n) is 11.7. The molecule has 1 amide bonds. The maximum absolute atomic E-state index is 11.8. The highest BCUT2D eigenvalue weighted by Gasteiger charge is 2.20. The number of ether oxygens (including phenoxy) is 1. The Bertz CT molecular complexity index is 495. The Hall–Kier alpha value is -2.15. The molecule has 0 bridgehead atoms. The van der Waals surface area contributed by atoms with Crippen LogP contribution in [0.3, 0.4) is 0 Å². The predicted octanol–water partition coefficient (Wildman–Crippen LogP) is 1.36. The van der Waals surface area contributed by atoms with Crippen molar-refractivity contribution in [3.63, 3.8) is 0 Å². The minimum Gasteiger partial charge on any atom is -0.484 e. The van der Waals surface area contributed by atoms with Gasteiger partial charge in [0.15, 0.2) is 6.61 Å². The van der Waals surface area contributed by atoms with Crippen LogP contribution in [-0.4, -0.2) is 29.5 Å². The van der Waals surface area contributed by atoms with Crippen LogP contribution in [0.4, 0.5) is 5.69 Å². The summed E-state index contributed by atoms with van der Waals surface area (Å²) in [6, 6.07) is 6.05. The van der Waals surface area contributed by atoms with Gasteiger partial charge in [-0.15, -0.1) is 0 Å². The molecule has 1 fully saturated rings. The number of nitro benzene ring substituents is 1. The Kier molecular flexibility index (Phi) is 5.10. The molecule has 114 valence electrons. The van der Waals surface area contributed by atoms with Crippen LogP contribution < -0.4 is 15.8 Å². The normalized spacial score (nSPS) is 21.6. The van der Waals surface area contributed by atoms with Crippen molar-refractivity contribution in [2.24, 2.45) is 5.73 Å². The van der Waals surface area contributed by atoms with E-state index in [0.717, 1.165) is 25.7 Å². The van der Waals surface area contributed by atoms with Crippen LogP contribution in [0, 0.1) is 10.1 Å². The molecule has 21 heavy (non-hydrogen) atoms. The van der Waals surface area contributed by atoms with E-state index < -0.39 is 4.92 Å². The van der Waals surface area contributed by atoms with Crippen molar-refractivity contribution >= 4 is 11.6 Å². The average molecular weight is 293 g/mol. The summed E-state index contributed by atoms with van der Waals surface area (Å²) in [5, 5.41) is 13.4. The third kappa shape index (κ3) is 4.71.